The monoisotopic (exact) mass is 332 g/mol. The molecule has 3 N–H and O–H groups in total. The average molecular weight is 333 g/mol. The lowest BCUT2D eigenvalue weighted by Gasteiger charge is -2.13. The highest BCUT2D eigenvalue weighted by Crippen LogP contribution is 2.20. The summed E-state index contributed by atoms with van der Waals surface area (Å²) in [5, 5.41) is 2.84. The number of hydrogen-bond acceptors (Lipinski definition) is 2. The molecule has 0 spiro atoms. The summed E-state index contributed by atoms with van der Waals surface area (Å²) in [6.07, 6.45) is 0.527. The van der Waals surface area contributed by atoms with Crippen LogP contribution in [-0.4, -0.2) is 11.9 Å². The molecule has 1 atom stereocenters. The molecule has 1 unspecified atom stereocenters. The van der Waals surface area contributed by atoms with E-state index in [1.807, 2.05) is 55.5 Å². The van der Waals surface area contributed by atoms with Gasteiger partial charge in [0, 0.05) is 10.2 Å². The zero-order valence-electron chi connectivity index (χ0n) is 11.3. The van der Waals surface area contributed by atoms with Gasteiger partial charge in [-0.05, 0) is 36.6 Å². The van der Waals surface area contributed by atoms with Crippen molar-refractivity contribution in [1.29, 1.82) is 0 Å². The summed E-state index contributed by atoms with van der Waals surface area (Å²) in [6.45, 7) is 2.00. The van der Waals surface area contributed by atoms with Crippen LogP contribution in [-0.2, 0) is 11.2 Å². The Balaban J connectivity index is 1.99. The smallest absolute Gasteiger partial charge is 0.241 e. The van der Waals surface area contributed by atoms with Gasteiger partial charge < -0.3 is 11.1 Å². The van der Waals surface area contributed by atoms with E-state index in [0.717, 1.165) is 21.3 Å². The molecule has 0 aliphatic heterocycles. The molecule has 104 valence electrons. The number of halogens is 1. The Bertz CT molecular complexity index is 599. The average Bonchev–Trinajstić information content (AvgIpc) is 2.44. The molecule has 0 saturated heterocycles. The number of carbonyl (C=O) groups is 1. The van der Waals surface area contributed by atoms with Gasteiger partial charge in [-0.15, -0.1) is 0 Å². The molecule has 0 radical (unpaired) electrons. The Kier molecular flexibility index (Phi) is 4.93. The normalized spacial score (nSPS) is 11.9. The fraction of sp³-hybridized carbons (Fsp3) is 0.188. The third-order valence-corrected chi connectivity index (χ3v) is 3.93. The van der Waals surface area contributed by atoms with Gasteiger partial charge in [0.1, 0.15) is 0 Å². The summed E-state index contributed by atoms with van der Waals surface area (Å²) in [4.78, 5) is 12.1. The Morgan fingerprint density at radius 1 is 1.25 bits per heavy atom. The minimum absolute atomic E-state index is 0.176. The second-order valence-corrected chi connectivity index (χ2v) is 5.60. The molecule has 2 aromatic rings. The fourth-order valence-corrected chi connectivity index (χ4v) is 2.25. The van der Waals surface area contributed by atoms with Crippen molar-refractivity contribution in [2.45, 2.75) is 19.4 Å². The van der Waals surface area contributed by atoms with E-state index in [0.29, 0.717) is 6.42 Å². The molecule has 0 fully saturated rings. The maximum atomic E-state index is 12.1. The summed E-state index contributed by atoms with van der Waals surface area (Å²) >= 11 is 3.44. The minimum atomic E-state index is -0.558. The zero-order chi connectivity index (χ0) is 14.5. The first-order valence-electron chi connectivity index (χ1n) is 6.43. The van der Waals surface area contributed by atoms with Crippen molar-refractivity contribution < 1.29 is 4.79 Å². The molecule has 0 aliphatic rings. The Hall–Kier alpha value is -1.65. The molecule has 2 rings (SSSR count). The Morgan fingerprint density at radius 3 is 2.60 bits per heavy atom. The maximum Gasteiger partial charge on any atom is 0.241 e. The number of nitrogens with two attached hydrogens (primary N) is 1. The lowest BCUT2D eigenvalue weighted by Crippen LogP contribution is -2.37. The molecule has 1 amide bonds. The number of aryl methyl sites for hydroxylation is 1. The lowest BCUT2D eigenvalue weighted by molar-refractivity contribution is -0.117. The highest BCUT2D eigenvalue weighted by molar-refractivity contribution is 9.10. The molecule has 3 nitrogen and oxygen atoms in total. The highest BCUT2D eigenvalue weighted by atomic mass is 79.9. The van der Waals surface area contributed by atoms with E-state index in [-0.39, 0.29) is 5.91 Å². The first kappa shape index (κ1) is 14.8. The third kappa shape index (κ3) is 3.92. The molecule has 0 aliphatic carbocycles. The Morgan fingerprint density at radius 2 is 1.95 bits per heavy atom. The number of benzene rings is 2. The Labute approximate surface area is 127 Å². The largest absolute Gasteiger partial charge is 0.325 e. The van der Waals surface area contributed by atoms with E-state index >= 15 is 0 Å². The van der Waals surface area contributed by atoms with Crippen molar-refractivity contribution in [3.63, 3.8) is 0 Å². The predicted molar refractivity (Wildman–Crippen MR) is 85.6 cm³/mol. The molecule has 0 bridgehead atoms. The van der Waals surface area contributed by atoms with Gasteiger partial charge in [-0.1, -0.05) is 52.3 Å². The van der Waals surface area contributed by atoms with Gasteiger partial charge in [0.2, 0.25) is 5.91 Å². The first-order chi connectivity index (χ1) is 9.56. The van der Waals surface area contributed by atoms with Crippen molar-refractivity contribution in [2.75, 3.05) is 5.32 Å². The molecule has 0 heterocycles. The van der Waals surface area contributed by atoms with Gasteiger partial charge in [-0.25, -0.2) is 0 Å². The number of nitrogens with one attached hydrogen (secondary N) is 1. The second kappa shape index (κ2) is 6.68. The van der Waals surface area contributed by atoms with Crippen molar-refractivity contribution >= 4 is 27.5 Å². The number of amides is 1. The number of carbonyl (C=O) groups excluding carboxylic acids is 1. The van der Waals surface area contributed by atoms with Crippen molar-refractivity contribution in [1.82, 2.24) is 0 Å². The van der Waals surface area contributed by atoms with Gasteiger partial charge in [0.25, 0.3) is 0 Å². The van der Waals surface area contributed by atoms with Gasteiger partial charge >= 0.3 is 0 Å². The molecule has 0 aromatic heterocycles. The SMILES string of the molecule is Cc1ccc(NC(=O)C(N)Cc2ccccc2)cc1Br. The first-order valence-corrected chi connectivity index (χ1v) is 7.22. The van der Waals surface area contributed by atoms with Crippen molar-refractivity contribution in [3.05, 3.63) is 64.1 Å². The van der Waals surface area contributed by atoms with Gasteiger partial charge in [-0.3, -0.25) is 4.79 Å². The number of anilines is 1. The number of rotatable bonds is 4. The van der Waals surface area contributed by atoms with Gasteiger partial charge in [-0.2, -0.15) is 0 Å². The van der Waals surface area contributed by atoms with Crippen LogP contribution >= 0.6 is 15.9 Å². The lowest BCUT2D eigenvalue weighted by atomic mass is 10.1. The van der Waals surface area contributed by atoms with Crippen LogP contribution in [0.1, 0.15) is 11.1 Å². The zero-order valence-corrected chi connectivity index (χ0v) is 12.9. The molecule has 4 heteroatoms. The summed E-state index contributed by atoms with van der Waals surface area (Å²) in [5.41, 5.74) is 8.87. The van der Waals surface area contributed by atoms with E-state index in [4.69, 9.17) is 5.73 Å². The molecular weight excluding hydrogens is 316 g/mol. The van der Waals surface area contributed by atoms with E-state index < -0.39 is 6.04 Å². The van der Waals surface area contributed by atoms with E-state index in [1.54, 1.807) is 0 Å². The summed E-state index contributed by atoms with van der Waals surface area (Å²) in [7, 11) is 0. The number of hydrogen-bond donors (Lipinski definition) is 2. The summed E-state index contributed by atoms with van der Waals surface area (Å²) < 4.78 is 0.965. The topological polar surface area (TPSA) is 55.1 Å². The fourth-order valence-electron chi connectivity index (χ4n) is 1.87. The molecular formula is C16H17BrN2O. The van der Waals surface area contributed by atoms with E-state index in [1.165, 1.54) is 0 Å². The van der Waals surface area contributed by atoms with Crippen molar-refractivity contribution in [3.8, 4) is 0 Å². The summed E-state index contributed by atoms with van der Waals surface area (Å²) in [5.74, 6) is -0.176. The van der Waals surface area contributed by atoms with Gasteiger partial charge in [0.05, 0.1) is 6.04 Å². The van der Waals surface area contributed by atoms with Crippen LogP contribution in [0.4, 0.5) is 5.69 Å². The maximum absolute atomic E-state index is 12.1. The molecule has 2 aromatic carbocycles. The quantitative estimate of drug-likeness (QED) is 0.902. The van der Waals surface area contributed by atoms with Crippen LogP contribution in [0.25, 0.3) is 0 Å². The van der Waals surface area contributed by atoms with Gasteiger partial charge in [0.15, 0.2) is 0 Å². The third-order valence-electron chi connectivity index (χ3n) is 3.07. The predicted octanol–water partition coefficient (Wildman–Crippen LogP) is 3.27. The van der Waals surface area contributed by atoms with Crippen LogP contribution in [0.5, 0.6) is 0 Å². The molecule has 20 heavy (non-hydrogen) atoms. The van der Waals surface area contributed by atoms with Crippen LogP contribution in [0.3, 0.4) is 0 Å². The van der Waals surface area contributed by atoms with Crippen LogP contribution in [0, 0.1) is 6.92 Å². The van der Waals surface area contributed by atoms with E-state index in [9.17, 15) is 4.79 Å². The van der Waals surface area contributed by atoms with Crippen LogP contribution in [0.2, 0.25) is 0 Å². The highest BCUT2D eigenvalue weighted by Gasteiger charge is 2.14. The second-order valence-electron chi connectivity index (χ2n) is 4.75. The van der Waals surface area contributed by atoms with E-state index in [2.05, 4.69) is 21.2 Å². The summed E-state index contributed by atoms with van der Waals surface area (Å²) in [6, 6.07) is 14.9. The van der Waals surface area contributed by atoms with Crippen molar-refractivity contribution in [2.24, 2.45) is 5.73 Å². The van der Waals surface area contributed by atoms with Crippen LogP contribution in [0.15, 0.2) is 53.0 Å². The molecule has 0 saturated carbocycles. The van der Waals surface area contributed by atoms with Crippen LogP contribution < -0.4 is 11.1 Å². The minimum Gasteiger partial charge on any atom is -0.325 e. The standard InChI is InChI=1S/C16H17BrN2O/c1-11-7-8-13(10-14(11)17)19-16(20)15(18)9-12-5-3-2-4-6-12/h2-8,10,15H,9,18H2,1H3,(H,19,20).